The molecule has 15 heavy (non-hydrogen) atoms. The van der Waals surface area contributed by atoms with Gasteiger partial charge in [0.2, 0.25) is 5.89 Å². The summed E-state index contributed by atoms with van der Waals surface area (Å²) in [6.07, 6.45) is 3.98. The van der Waals surface area contributed by atoms with E-state index in [1.807, 2.05) is 0 Å². The maximum Gasteiger partial charge on any atom is 0.379 e. The highest BCUT2D eigenvalue weighted by atomic mass is 16.5. The molecule has 0 bridgehead atoms. The van der Waals surface area contributed by atoms with Crippen molar-refractivity contribution in [2.24, 2.45) is 0 Å². The first-order valence-corrected chi connectivity index (χ1v) is 5.27. The predicted molar refractivity (Wildman–Crippen MR) is 53.5 cm³/mol. The minimum absolute atomic E-state index is 0.0170. The van der Waals surface area contributed by atoms with E-state index in [9.17, 15) is 4.79 Å². The predicted octanol–water partition coefficient (Wildman–Crippen LogP) is 1.98. The molecule has 84 valence electrons. The van der Waals surface area contributed by atoms with Crippen LogP contribution in [-0.4, -0.2) is 22.7 Å². The minimum atomic E-state index is -0.525. The summed E-state index contributed by atoms with van der Waals surface area (Å²) in [5.41, 5.74) is 0. The molecule has 5 heteroatoms. The number of aromatic nitrogens is 2. The van der Waals surface area contributed by atoms with Gasteiger partial charge in [0, 0.05) is 6.42 Å². The molecule has 1 rings (SSSR count). The normalized spacial score (nSPS) is 10.3. The third kappa shape index (κ3) is 3.69. The lowest BCUT2D eigenvalue weighted by Crippen LogP contribution is -2.06. The largest absolute Gasteiger partial charge is 0.460 e. The van der Waals surface area contributed by atoms with Gasteiger partial charge in [0.05, 0.1) is 6.61 Å². The number of carbonyl (C=O) groups is 1. The SMILES string of the molecule is CCCCCc1nc(C(=O)OCC)no1. The van der Waals surface area contributed by atoms with Crippen LogP contribution in [0.15, 0.2) is 4.52 Å². The summed E-state index contributed by atoms with van der Waals surface area (Å²) in [7, 11) is 0. The molecule has 0 atom stereocenters. The number of esters is 1. The molecule has 0 radical (unpaired) electrons. The van der Waals surface area contributed by atoms with Crippen molar-refractivity contribution in [1.29, 1.82) is 0 Å². The van der Waals surface area contributed by atoms with Crippen molar-refractivity contribution >= 4 is 5.97 Å². The zero-order chi connectivity index (χ0) is 11.1. The first-order valence-electron chi connectivity index (χ1n) is 5.27. The van der Waals surface area contributed by atoms with Gasteiger partial charge in [-0.15, -0.1) is 0 Å². The molecule has 0 spiro atoms. The lowest BCUT2D eigenvalue weighted by Gasteiger charge is -1.93. The molecule has 0 saturated heterocycles. The number of nitrogens with zero attached hydrogens (tertiary/aromatic N) is 2. The third-order valence-electron chi connectivity index (χ3n) is 1.92. The Bertz CT molecular complexity index is 309. The van der Waals surface area contributed by atoms with Crippen LogP contribution >= 0.6 is 0 Å². The Morgan fingerprint density at radius 2 is 2.20 bits per heavy atom. The van der Waals surface area contributed by atoms with Crippen LogP contribution in [0.2, 0.25) is 0 Å². The van der Waals surface area contributed by atoms with Crippen LogP contribution in [0, 0.1) is 0 Å². The Morgan fingerprint density at radius 1 is 1.40 bits per heavy atom. The van der Waals surface area contributed by atoms with Crippen LogP contribution in [0.5, 0.6) is 0 Å². The van der Waals surface area contributed by atoms with Crippen molar-refractivity contribution in [3.8, 4) is 0 Å². The van der Waals surface area contributed by atoms with Crippen molar-refractivity contribution in [3.63, 3.8) is 0 Å². The topological polar surface area (TPSA) is 65.2 Å². The zero-order valence-electron chi connectivity index (χ0n) is 9.15. The van der Waals surface area contributed by atoms with Crippen LogP contribution in [0.1, 0.15) is 49.6 Å². The van der Waals surface area contributed by atoms with E-state index in [0.29, 0.717) is 12.5 Å². The smallest absolute Gasteiger partial charge is 0.379 e. The van der Waals surface area contributed by atoms with Gasteiger partial charge in [-0.25, -0.2) is 4.79 Å². The van der Waals surface area contributed by atoms with E-state index in [4.69, 9.17) is 9.26 Å². The van der Waals surface area contributed by atoms with Gasteiger partial charge < -0.3 is 9.26 Å². The van der Waals surface area contributed by atoms with Gasteiger partial charge in [-0.2, -0.15) is 4.98 Å². The Labute approximate surface area is 88.8 Å². The number of ether oxygens (including phenoxy) is 1. The molecule has 0 amide bonds. The molecule has 1 aromatic heterocycles. The summed E-state index contributed by atoms with van der Waals surface area (Å²) in [6, 6.07) is 0. The van der Waals surface area contributed by atoms with E-state index in [1.165, 1.54) is 0 Å². The summed E-state index contributed by atoms with van der Waals surface area (Å²) in [5, 5.41) is 3.55. The first-order chi connectivity index (χ1) is 7.27. The van der Waals surface area contributed by atoms with Crippen LogP contribution < -0.4 is 0 Å². The summed E-state index contributed by atoms with van der Waals surface area (Å²) >= 11 is 0. The summed E-state index contributed by atoms with van der Waals surface area (Å²) in [6.45, 7) is 4.18. The van der Waals surface area contributed by atoms with Gasteiger partial charge in [-0.1, -0.05) is 19.8 Å². The zero-order valence-corrected chi connectivity index (χ0v) is 9.15. The highest BCUT2D eigenvalue weighted by Gasteiger charge is 2.14. The Balaban J connectivity index is 2.45. The van der Waals surface area contributed by atoms with Gasteiger partial charge >= 0.3 is 5.97 Å². The first kappa shape index (κ1) is 11.7. The molecule has 0 aliphatic carbocycles. The quantitative estimate of drug-likeness (QED) is 0.533. The molecule has 0 fully saturated rings. The van der Waals surface area contributed by atoms with Crippen LogP contribution in [0.3, 0.4) is 0 Å². The number of hydrogen-bond acceptors (Lipinski definition) is 5. The molecular formula is C10H16N2O3. The van der Waals surface area contributed by atoms with Gasteiger partial charge in [0.25, 0.3) is 5.82 Å². The second kappa shape index (κ2) is 6.16. The molecular weight excluding hydrogens is 196 g/mol. The summed E-state index contributed by atoms with van der Waals surface area (Å²) in [4.78, 5) is 15.1. The maximum atomic E-state index is 11.2. The number of unbranched alkanes of at least 4 members (excludes halogenated alkanes) is 2. The molecule has 0 unspecified atom stereocenters. The Hall–Kier alpha value is -1.39. The van der Waals surface area contributed by atoms with Crippen molar-refractivity contribution in [2.75, 3.05) is 6.61 Å². The molecule has 0 aromatic carbocycles. The van der Waals surface area contributed by atoms with Crippen LogP contribution in [0.4, 0.5) is 0 Å². The van der Waals surface area contributed by atoms with E-state index in [0.717, 1.165) is 25.7 Å². The fraction of sp³-hybridized carbons (Fsp3) is 0.700. The van der Waals surface area contributed by atoms with Crippen LogP contribution in [-0.2, 0) is 11.2 Å². The summed E-state index contributed by atoms with van der Waals surface area (Å²) in [5.74, 6) is -0.00200. The molecule has 0 N–H and O–H groups in total. The standard InChI is InChI=1S/C10H16N2O3/c1-3-5-6-7-8-11-9(12-15-8)10(13)14-4-2/h3-7H2,1-2H3. The monoisotopic (exact) mass is 212 g/mol. The number of hydrogen-bond donors (Lipinski definition) is 0. The Kier molecular flexibility index (Phi) is 4.80. The van der Waals surface area contributed by atoms with E-state index >= 15 is 0 Å². The van der Waals surface area contributed by atoms with Crippen LogP contribution in [0.25, 0.3) is 0 Å². The second-order valence-electron chi connectivity index (χ2n) is 3.19. The van der Waals surface area contributed by atoms with E-state index in [1.54, 1.807) is 6.92 Å². The van der Waals surface area contributed by atoms with Crippen molar-refractivity contribution in [1.82, 2.24) is 10.1 Å². The number of aryl methyl sites for hydroxylation is 1. The lowest BCUT2D eigenvalue weighted by atomic mass is 10.2. The maximum absolute atomic E-state index is 11.2. The molecule has 0 saturated carbocycles. The van der Waals surface area contributed by atoms with Crippen molar-refractivity contribution in [2.45, 2.75) is 39.5 Å². The average Bonchev–Trinajstić information content (AvgIpc) is 2.67. The number of carbonyl (C=O) groups excluding carboxylic acids is 1. The van der Waals surface area contributed by atoms with Crippen molar-refractivity contribution in [3.05, 3.63) is 11.7 Å². The highest BCUT2D eigenvalue weighted by molar-refractivity contribution is 5.84. The molecule has 1 aromatic rings. The number of rotatable bonds is 6. The van der Waals surface area contributed by atoms with E-state index in [-0.39, 0.29) is 5.82 Å². The van der Waals surface area contributed by atoms with Gasteiger partial charge in [0.1, 0.15) is 0 Å². The molecule has 0 aliphatic heterocycles. The molecule has 1 heterocycles. The second-order valence-corrected chi connectivity index (χ2v) is 3.19. The fourth-order valence-electron chi connectivity index (χ4n) is 1.16. The van der Waals surface area contributed by atoms with Crippen molar-refractivity contribution < 1.29 is 14.1 Å². The molecule has 0 aliphatic rings. The fourth-order valence-corrected chi connectivity index (χ4v) is 1.16. The van der Waals surface area contributed by atoms with Gasteiger partial charge in [-0.3, -0.25) is 0 Å². The molecule has 5 nitrogen and oxygen atoms in total. The Morgan fingerprint density at radius 3 is 2.87 bits per heavy atom. The summed E-state index contributed by atoms with van der Waals surface area (Å²) < 4.78 is 9.66. The lowest BCUT2D eigenvalue weighted by molar-refractivity contribution is 0.0508. The van der Waals surface area contributed by atoms with Gasteiger partial charge in [0.15, 0.2) is 0 Å². The van der Waals surface area contributed by atoms with Gasteiger partial charge in [-0.05, 0) is 18.5 Å². The highest BCUT2D eigenvalue weighted by Crippen LogP contribution is 2.05. The average molecular weight is 212 g/mol. The minimum Gasteiger partial charge on any atom is -0.460 e. The third-order valence-corrected chi connectivity index (χ3v) is 1.92. The van der Waals surface area contributed by atoms with E-state index in [2.05, 4.69) is 17.1 Å². The van der Waals surface area contributed by atoms with E-state index < -0.39 is 5.97 Å².